The molecule has 120 valence electrons. The van der Waals surface area contributed by atoms with Crippen LogP contribution in [0.5, 0.6) is 5.75 Å². The molecule has 1 aromatic rings. The van der Waals surface area contributed by atoms with Crippen molar-refractivity contribution in [1.82, 2.24) is 4.90 Å². The second-order valence-corrected chi connectivity index (χ2v) is 5.81. The molecule has 0 aromatic heterocycles. The highest BCUT2D eigenvalue weighted by Crippen LogP contribution is 2.29. The van der Waals surface area contributed by atoms with Gasteiger partial charge in [-0.2, -0.15) is 0 Å². The number of carbonyl (C=O) groups is 2. The Bertz CT molecular complexity index is 555. The number of benzene rings is 1. The molecule has 0 bridgehead atoms. The monoisotopic (exact) mass is 325 g/mol. The van der Waals surface area contributed by atoms with Crippen LogP contribution >= 0.6 is 11.6 Å². The molecule has 0 unspecified atom stereocenters. The molecule has 6 heteroatoms. The number of nitrogens with zero attached hydrogens (tertiary/aromatic N) is 1. The summed E-state index contributed by atoms with van der Waals surface area (Å²) >= 11 is 5.99. The van der Waals surface area contributed by atoms with Crippen LogP contribution in [0.2, 0.25) is 5.02 Å². The van der Waals surface area contributed by atoms with E-state index in [-0.39, 0.29) is 18.6 Å². The van der Waals surface area contributed by atoms with Crippen LogP contribution in [-0.2, 0) is 4.79 Å². The van der Waals surface area contributed by atoms with E-state index in [0.717, 1.165) is 25.7 Å². The van der Waals surface area contributed by atoms with Gasteiger partial charge in [0.15, 0.2) is 0 Å². The summed E-state index contributed by atoms with van der Waals surface area (Å²) in [5, 5.41) is 9.34. The largest absolute Gasteiger partial charge is 0.490 e. The number of carbonyl (C=O) groups excluding carboxylic acids is 1. The zero-order chi connectivity index (χ0) is 16.1. The third-order valence-corrected chi connectivity index (χ3v) is 4.00. The van der Waals surface area contributed by atoms with E-state index in [1.165, 1.54) is 4.90 Å². The number of hydrogen-bond acceptors (Lipinski definition) is 3. The number of carboxylic acid groups (broad SMARTS) is 1. The summed E-state index contributed by atoms with van der Waals surface area (Å²) in [6.45, 7) is 1.70. The maximum atomic E-state index is 12.6. The van der Waals surface area contributed by atoms with E-state index >= 15 is 0 Å². The van der Waals surface area contributed by atoms with E-state index in [1.807, 2.05) is 0 Å². The van der Waals surface area contributed by atoms with Crippen molar-refractivity contribution in [2.24, 2.45) is 0 Å². The molecule has 0 radical (unpaired) electrons. The summed E-state index contributed by atoms with van der Waals surface area (Å²) in [5.41, 5.74) is 0.322. The molecule has 1 aliphatic carbocycles. The number of hydrogen-bond donors (Lipinski definition) is 1. The Morgan fingerprint density at radius 1 is 1.36 bits per heavy atom. The van der Waals surface area contributed by atoms with Crippen LogP contribution in [0, 0.1) is 0 Å². The Labute approximate surface area is 134 Å². The maximum absolute atomic E-state index is 12.6. The molecular weight excluding hydrogens is 306 g/mol. The molecule has 1 saturated carbocycles. The molecule has 2 rings (SSSR count). The second-order valence-electron chi connectivity index (χ2n) is 5.38. The molecule has 0 heterocycles. The molecule has 1 amide bonds. The third-order valence-electron chi connectivity index (χ3n) is 3.76. The standard InChI is InChI=1S/C16H20ClNO4/c1-2-18(10-15(19)20)16(21)13-9-11(17)7-8-14(13)22-12-5-3-4-6-12/h7-9,12H,2-6,10H2,1H3,(H,19,20). The van der Waals surface area contributed by atoms with Gasteiger partial charge < -0.3 is 14.7 Å². The number of ether oxygens (including phenoxy) is 1. The first-order valence-electron chi connectivity index (χ1n) is 7.48. The second kappa shape index (κ2) is 7.49. The van der Waals surface area contributed by atoms with E-state index in [9.17, 15) is 9.59 Å². The van der Waals surface area contributed by atoms with Crippen LogP contribution in [0.1, 0.15) is 43.0 Å². The lowest BCUT2D eigenvalue weighted by Gasteiger charge is -2.22. The third kappa shape index (κ3) is 4.13. The van der Waals surface area contributed by atoms with Crippen molar-refractivity contribution < 1.29 is 19.4 Å². The van der Waals surface area contributed by atoms with E-state index in [2.05, 4.69) is 0 Å². The smallest absolute Gasteiger partial charge is 0.323 e. The summed E-state index contributed by atoms with van der Waals surface area (Å²) in [5.74, 6) is -0.943. The Hall–Kier alpha value is -1.75. The average Bonchev–Trinajstić information content (AvgIpc) is 2.98. The zero-order valence-corrected chi connectivity index (χ0v) is 13.3. The van der Waals surface area contributed by atoms with Crippen molar-refractivity contribution in [3.05, 3.63) is 28.8 Å². The fourth-order valence-electron chi connectivity index (χ4n) is 2.62. The Kier molecular flexibility index (Phi) is 5.66. The SMILES string of the molecule is CCN(CC(=O)O)C(=O)c1cc(Cl)ccc1OC1CCCC1. The molecule has 0 spiro atoms. The van der Waals surface area contributed by atoms with Crippen molar-refractivity contribution in [3.8, 4) is 5.75 Å². The predicted molar refractivity (Wildman–Crippen MR) is 83.5 cm³/mol. The highest BCUT2D eigenvalue weighted by Gasteiger charge is 2.24. The van der Waals surface area contributed by atoms with Crippen LogP contribution in [0.3, 0.4) is 0 Å². The van der Waals surface area contributed by atoms with Gasteiger partial charge in [0.2, 0.25) is 0 Å². The summed E-state index contributed by atoms with van der Waals surface area (Å²) in [7, 11) is 0. The van der Waals surface area contributed by atoms with Gasteiger partial charge in [-0.3, -0.25) is 9.59 Å². The summed E-state index contributed by atoms with van der Waals surface area (Å²) in [4.78, 5) is 24.7. The van der Waals surface area contributed by atoms with Crippen molar-refractivity contribution in [3.63, 3.8) is 0 Å². The zero-order valence-electron chi connectivity index (χ0n) is 12.5. The average molecular weight is 326 g/mol. The number of likely N-dealkylation sites (N-methyl/N-ethyl adjacent to an activating group) is 1. The molecule has 0 aliphatic heterocycles. The molecule has 22 heavy (non-hydrogen) atoms. The van der Waals surface area contributed by atoms with Crippen molar-refractivity contribution >= 4 is 23.5 Å². The minimum atomic E-state index is -1.05. The molecular formula is C16H20ClNO4. The van der Waals surface area contributed by atoms with Crippen LogP contribution in [0.4, 0.5) is 0 Å². The normalized spacial score (nSPS) is 14.8. The lowest BCUT2D eigenvalue weighted by atomic mass is 10.1. The highest BCUT2D eigenvalue weighted by atomic mass is 35.5. The van der Waals surface area contributed by atoms with Crippen LogP contribution in [-0.4, -0.2) is 41.1 Å². The van der Waals surface area contributed by atoms with Crippen LogP contribution in [0.25, 0.3) is 0 Å². The number of aliphatic carboxylic acids is 1. The summed E-state index contributed by atoms with van der Waals surface area (Å²) in [6, 6.07) is 4.90. The highest BCUT2D eigenvalue weighted by molar-refractivity contribution is 6.31. The molecule has 1 aliphatic rings. The number of amides is 1. The van der Waals surface area contributed by atoms with Crippen LogP contribution < -0.4 is 4.74 Å². The van der Waals surface area contributed by atoms with Gasteiger partial charge in [0, 0.05) is 11.6 Å². The predicted octanol–water partition coefficient (Wildman–Crippen LogP) is 3.21. The van der Waals surface area contributed by atoms with Gasteiger partial charge in [0.05, 0.1) is 11.7 Å². The molecule has 1 aromatic carbocycles. The van der Waals surface area contributed by atoms with Gasteiger partial charge >= 0.3 is 5.97 Å². The van der Waals surface area contributed by atoms with Gasteiger partial charge in [-0.1, -0.05) is 11.6 Å². The number of rotatable bonds is 6. The van der Waals surface area contributed by atoms with Crippen molar-refractivity contribution in [2.45, 2.75) is 38.7 Å². The molecule has 0 saturated heterocycles. The fraction of sp³-hybridized carbons (Fsp3) is 0.500. The first-order valence-corrected chi connectivity index (χ1v) is 7.86. The lowest BCUT2D eigenvalue weighted by Crippen LogP contribution is -2.35. The van der Waals surface area contributed by atoms with Gasteiger partial charge in [-0.05, 0) is 50.8 Å². The van der Waals surface area contributed by atoms with Crippen molar-refractivity contribution in [2.75, 3.05) is 13.1 Å². The molecule has 1 fully saturated rings. The number of carboxylic acids is 1. The van der Waals surface area contributed by atoms with E-state index in [0.29, 0.717) is 22.9 Å². The fourth-order valence-corrected chi connectivity index (χ4v) is 2.79. The molecule has 5 nitrogen and oxygen atoms in total. The summed E-state index contributed by atoms with van der Waals surface area (Å²) in [6.07, 6.45) is 4.32. The molecule has 0 atom stereocenters. The van der Waals surface area contributed by atoms with Crippen LogP contribution in [0.15, 0.2) is 18.2 Å². The topological polar surface area (TPSA) is 66.8 Å². The van der Waals surface area contributed by atoms with E-state index < -0.39 is 5.97 Å². The minimum Gasteiger partial charge on any atom is -0.490 e. The quantitative estimate of drug-likeness (QED) is 0.872. The lowest BCUT2D eigenvalue weighted by molar-refractivity contribution is -0.137. The minimum absolute atomic E-state index is 0.113. The first kappa shape index (κ1) is 16.6. The van der Waals surface area contributed by atoms with Gasteiger partial charge in [0.25, 0.3) is 5.91 Å². The Balaban J connectivity index is 2.24. The Morgan fingerprint density at radius 3 is 2.64 bits per heavy atom. The Morgan fingerprint density at radius 2 is 2.05 bits per heavy atom. The van der Waals surface area contributed by atoms with Crippen molar-refractivity contribution in [1.29, 1.82) is 0 Å². The number of halogens is 1. The van der Waals surface area contributed by atoms with Gasteiger partial charge in [-0.15, -0.1) is 0 Å². The summed E-state index contributed by atoms with van der Waals surface area (Å²) < 4.78 is 5.93. The first-order chi connectivity index (χ1) is 10.5. The van der Waals surface area contributed by atoms with E-state index in [4.69, 9.17) is 21.4 Å². The van der Waals surface area contributed by atoms with Gasteiger partial charge in [0.1, 0.15) is 12.3 Å². The molecule has 1 N–H and O–H groups in total. The van der Waals surface area contributed by atoms with Gasteiger partial charge in [-0.25, -0.2) is 0 Å². The maximum Gasteiger partial charge on any atom is 0.323 e. The van der Waals surface area contributed by atoms with E-state index in [1.54, 1.807) is 25.1 Å².